The predicted octanol–water partition coefficient (Wildman–Crippen LogP) is 1.63. The van der Waals surface area contributed by atoms with Gasteiger partial charge >= 0.3 is 0 Å². The molecule has 1 aliphatic rings. The van der Waals surface area contributed by atoms with E-state index in [9.17, 15) is 4.79 Å². The van der Waals surface area contributed by atoms with E-state index in [0.717, 1.165) is 19.3 Å². The summed E-state index contributed by atoms with van der Waals surface area (Å²) in [5, 5.41) is 5.10. The van der Waals surface area contributed by atoms with E-state index in [4.69, 9.17) is 5.84 Å². The van der Waals surface area contributed by atoms with Crippen LogP contribution in [0.5, 0.6) is 0 Å². The van der Waals surface area contributed by atoms with Crippen LogP contribution in [0.2, 0.25) is 0 Å². The molecule has 0 saturated carbocycles. The molecule has 0 spiro atoms. The molecule has 0 aliphatic heterocycles. The number of nitrogens with two attached hydrogens (primary N) is 1. The number of hydrogen-bond acceptors (Lipinski definition) is 6. The van der Waals surface area contributed by atoms with Crippen molar-refractivity contribution in [3.63, 3.8) is 0 Å². The Kier molecular flexibility index (Phi) is 3.62. The third-order valence-corrected chi connectivity index (χ3v) is 4.37. The van der Waals surface area contributed by atoms with Crippen LogP contribution in [0, 0.1) is 0 Å². The number of hydrazine groups is 1. The molecule has 1 unspecified atom stereocenters. The molecule has 7 heteroatoms. The zero-order chi connectivity index (χ0) is 13.9. The Morgan fingerprint density at radius 2 is 2.35 bits per heavy atom. The lowest BCUT2D eigenvalue weighted by atomic mass is 9.94. The van der Waals surface area contributed by atoms with Gasteiger partial charge in [0.15, 0.2) is 5.82 Å². The van der Waals surface area contributed by atoms with E-state index in [-0.39, 0.29) is 17.6 Å². The molecular formula is C13H15N5OS. The molecule has 104 valence electrons. The van der Waals surface area contributed by atoms with Gasteiger partial charge < -0.3 is 10.7 Å². The number of rotatable bonds is 3. The Bertz CT molecular complexity index is 627. The monoisotopic (exact) mass is 289 g/mol. The Morgan fingerprint density at radius 1 is 1.45 bits per heavy atom. The number of carbonyl (C=O) groups is 1. The number of fused-ring (bicyclic) bond motifs is 1. The van der Waals surface area contributed by atoms with E-state index in [1.165, 1.54) is 22.8 Å². The fourth-order valence-electron chi connectivity index (χ4n) is 2.41. The number of hydrogen-bond donors (Lipinski definition) is 3. The predicted molar refractivity (Wildman–Crippen MR) is 77.3 cm³/mol. The lowest BCUT2D eigenvalue weighted by Gasteiger charge is -2.23. The molecule has 20 heavy (non-hydrogen) atoms. The minimum atomic E-state index is -0.223. The first-order valence-electron chi connectivity index (χ1n) is 6.43. The molecule has 2 aromatic heterocycles. The Morgan fingerprint density at radius 3 is 3.20 bits per heavy atom. The largest absolute Gasteiger partial charge is 0.344 e. The van der Waals surface area contributed by atoms with Crippen molar-refractivity contribution in [1.29, 1.82) is 0 Å². The van der Waals surface area contributed by atoms with E-state index in [1.54, 1.807) is 11.3 Å². The second-order valence-corrected chi connectivity index (χ2v) is 5.65. The van der Waals surface area contributed by atoms with Gasteiger partial charge in [0.05, 0.1) is 18.4 Å². The van der Waals surface area contributed by atoms with Crippen LogP contribution in [-0.2, 0) is 6.42 Å². The summed E-state index contributed by atoms with van der Waals surface area (Å²) in [6.07, 6.45) is 6.06. The van der Waals surface area contributed by atoms with Gasteiger partial charge in [-0.3, -0.25) is 9.78 Å². The molecule has 0 aromatic carbocycles. The molecule has 0 saturated heterocycles. The summed E-state index contributed by atoms with van der Waals surface area (Å²) < 4.78 is 0. The van der Waals surface area contributed by atoms with Crippen molar-refractivity contribution in [1.82, 2.24) is 15.3 Å². The van der Waals surface area contributed by atoms with Crippen molar-refractivity contribution in [3.05, 3.63) is 40.0 Å². The number of nitrogens with zero attached hydrogens (tertiary/aromatic N) is 2. The first kappa shape index (κ1) is 13.0. The van der Waals surface area contributed by atoms with Crippen molar-refractivity contribution in [2.24, 2.45) is 5.84 Å². The third kappa shape index (κ3) is 2.50. The molecule has 2 heterocycles. The number of amides is 1. The number of anilines is 1. The second-order valence-electron chi connectivity index (χ2n) is 4.65. The van der Waals surface area contributed by atoms with Crippen molar-refractivity contribution >= 4 is 23.1 Å². The van der Waals surface area contributed by atoms with Crippen LogP contribution in [-0.4, -0.2) is 15.9 Å². The van der Waals surface area contributed by atoms with Gasteiger partial charge in [-0.05, 0) is 36.3 Å². The highest BCUT2D eigenvalue weighted by Gasteiger charge is 2.23. The smallest absolute Gasteiger partial charge is 0.272 e. The average Bonchev–Trinajstić information content (AvgIpc) is 2.97. The first-order valence-corrected chi connectivity index (χ1v) is 7.31. The molecular weight excluding hydrogens is 274 g/mol. The van der Waals surface area contributed by atoms with Crippen LogP contribution in [0.15, 0.2) is 23.8 Å². The number of nitrogen functional groups attached to an aromatic ring is 1. The maximum Gasteiger partial charge on any atom is 0.272 e. The molecule has 4 N–H and O–H groups in total. The molecule has 0 fully saturated rings. The summed E-state index contributed by atoms with van der Waals surface area (Å²) in [5.74, 6) is 5.42. The zero-order valence-corrected chi connectivity index (χ0v) is 11.6. The van der Waals surface area contributed by atoms with Crippen LogP contribution < -0.4 is 16.6 Å². The first-order chi connectivity index (χ1) is 9.78. The molecule has 3 rings (SSSR count). The van der Waals surface area contributed by atoms with Gasteiger partial charge in [-0.1, -0.05) is 0 Å². The van der Waals surface area contributed by atoms with Crippen LogP contribution in [0.1, 0.15) is 39.8 Å². The van der Waals surface area contributed by atoms with Crippen LogP contribution in [0.25, 0.3) is 0 Å². The summed E-state index contributed by atoms with van der Waals surface area (Å²) >= 11 is 1.75. The molecule has 6 nitrogen and oxygen atoms in total. The lowest BCUT2D eigenvalue weighted by molar-refractivity contribution is 0.0927. The highest BCUT2D eigenvalue weighted by atomic mass is 32.1. The van der Waals surface area contributed by atoms with E-state index in [2.05, 4.69) is 32.2 Å². The maximum atomic E-state index is 12.2. The van der Waals surface area contributed by atoms with Gasteiger partial charge in [-0.25, -0.2) is 10.8 Å². The number of aromatic nitrogens is 2. The molecule has 0 radical (unpaired) electrons. The minimum absolute atomic E-state index is 0.0637. The van der Waals surface area contributed by atoms with E-state index >= 15 is 0 Å². The summed E-state index contributed by atoms with van der Waals surface area (Å²) in [7, 11) is 0. The number of thiophene rings is 1. The quantitative estimate of drug-likeness (QED) is 0.590. The van der Waals surface area contributed by atoms with Gasteiger partial charge in [0.25, 0.3) is 5.91 Å². The van der Waals surface area contributed by atoms with Crippen LogP contribution in [0.3, 0.4) is 0 Å². The fraction of sp³-hybridized carbons (Fsp3) is 0.308. The normalized spacial score (nSPS) is 17.4. The SMILES string of the molecule is NNc1cncc(C(=O)NC2CCCc3sccc32)n1. The van der Waals surface area contributed by atoms with Gasteiger partial charge in [0.1, 0.15) is 5.69 Å². The van der Waals surface area contributed by atoms with Gasteiger partial charge in [0, 0.05) is 4.88 Å². The molecule has 1 amide bonds. The minimum Gasteiger partial charge on any atom is -0.344 e. The highest BCUT2D eigenvalue weighted by Crippen LogP contribution is 2.33. The number of nitrogens with one attached hydrogen (secondary N) is 2. The number of carbonyl (C=O) groups excluding carboxylic acids is 1. The van der Waals surface area contributed by atoms with Crippen LogP contribution in [0.4, 0.5) is 5.82 Å². The van der Waals surface area contributed by atoms with Crippen molar-refractivity contribution in [3.8, 4) is 0 Å². The Balaban J connectivity index is 1.77. The summed E-state index contributed by atoms with van der Waals surface area (Å²) in [5.41, 5.74) is 3.88. The molecule has 2 aromatic rings. The van der Waals surface area contributed by atoms with E-state index < -0.39 is 0 Å². The lowest BCUT2D eigenvalue weighted by Crippen LogP contribution is -2.31. The Hall–Kier alpha value is -1.99. The highest BCUT2D eigenvalue weighted by molar-refractivity contribution is 7.10. The maximum absolute atomic E-state index is 12.2. The summed E-state index contributed by atoms with van der Waals surface area (Å²) in [4.78, 5) is 21.6. The summed E-state index contributed by atoms with van der Waals surface area (Å²) in [6.45, 7) is 0. The molecule has 1 atom stereocenters. The number of aryl methyl sites for hydroxylation is 1. The fourth-order valence-corrected chi connectivity index (χ4v) is 3.40. The van der Waals surface area contributed by atoms with Crippen molar-refractivity contribution in [2.45, 2.75) is 25.3 Å². The van der Waals surface area contributed by atoms with Crippen molar-refractivity contribution in [2.75, 3.05) is 5.43 Å². The summed E-state index contributed by atoms with van der Waals surface area (Å²) in [6, 6.07) is 2.15. The molecule has 1 aliphatic carbocycles. The van der Waals surface area contributed by atoms with Crippen LogP contribution >= 0.6 is 11.3 Å². The van der Waals surface area contributed by atoms with Gasteiger partial charge in [-0.15, -0.1) is 11.3 Å². The van der Waals surface area contributed by atoms with Gasteiger partial charge in [0.2, 0.25) is 0 Å². The molecule has 0 bridgehead atoms. The topological polar surface area (TPSA) is 92.9 Å². The Labute approximate surface area is 120 Å². The van der Waals surface area contributed by atoms with Crippen molar-refractivity contribution < 1.29 is 4.79 Å². The third-order valence-electron chi connectivity index (χ3n) is 3.37. The van der Waals surface area contributed by atoms with Gasteiger partial charge in [-0.2, -0.15) is 0 Å². The van der Waals surface area contributed by atoms with E-state index in [0.29, 0.717) is 5.82 Å². The zero-order valence-electron chi connectivity index (χ0n) is 10.8. The average molecular weight is 289 g/mol. The second kappa shape index (κ2) is 5.56. The van der Waals surface area contributed by atoms with E-state index in [1.807, 2.05) is 0 Å². The standard InChI is InChI=1S/C13H15N5OS/c14-18-12-7-15-6-10(16-12)13(19)17-9-2-1-3-11-8(9)4-5-20-11/h4-7,9H,1-3,14H2,(H,16,18)(H,17,19).